The standard InChI is InChI=1S/C26H23N5O2S/c1-17-12-13-18(2)22(16-17)30-24(33)20-10-6-7-11-21(20)31-25(30)28-29-26(31)34-15-14-23(32)27-19-8-4-3-5-9-19/h3-13,16H,14-15H2,1-2H3,(H,27,32). The van der Waals surface area contributed by atoms with Crippen LogP contribution < -0.4 is 10.9 Å². The van der Waals surface area contributed by atoms with Crippen LogP contribution in [-0.4, -0.2) is 30.8 Å². The highest BCUT2D eigenvalue weighted by atomic mass is 32.2. The van der Waals surface area contributed by atoms with E-state index in [-0.39, 0.29) is 11.5 Å². The van der Waals surface area contributed by atoms with Gasteiger partial charge in [0.05, 0.1) is 16.6 Å². The number of carbonyl (C=O) groups is 1. The van der Waals surface area contributed by atoms with Crippen molar-refractivity contribution in [2.75, 3.05) is 11.1 Å². The van der Waals surface area contributed by atoms with Gasteiger partial charge in [-0.2, -0.15) is 0 Å². The monoisotopic (exact) mass is 469 g/mol. The van der Waals surface area contributed by atoms with Gasteiger partial charge in [-0.3, -0.25) is 14.0 Å². The quantitative estimate of drug-likeness (QED) is 0.362. The van der Waals surface area contributed by atoms with Crippen LogP contribution in [0.5, 0.6) is 0 Å². The molecule has 0 saturated carbocycles. The Balaban J connectivity index is 1.52. The van der Waals surface area contributed by atoms with Gasteiger partial charge in [0.1, 0.15) is 0 Å². The maximum Gasteiger partial charge on any atom is 0.267 e. The van der Waals surface area contributed by atoms with Crippen molar-refractivity contribution in [2.24, 2.45) is 0 Å². The number of hydrogen-bond donors (Lipinski definition) is 1. The van der Waals surface area contributed by atoms with Gasteiger partial charge in [-0.05, 0) is 55.3 Å². The first-order valence-corrected chi connectivity index (χ1v) is 12.0. The van der Waals surface area contributed by atoms with E-state index in [4.69, 9.17) is 0 Å². The van der Waals surface area contributed by atoms with Gasteiger partial charge >= 0.3 is 0 Å². The molecule has 0 atom stereocenters. The van der Waals surface area contributed by atoms with Crippen LogP contribution in [0, 0.1) is 13.8 Å². The zero-order chi connectivity index (χ0) is 23.7. The molecule has 2 aromatic heterocycles. The molecule has 0 unspecified atom stereocenters. The van der Waals surface area contributed by atoms with Crippen LogP contribution in [0.4, 0.5) is 5.69 Å². The van der Waals surface area contributed by atoms with Gasteiger partial charge in [0.2, 0.25) is 11.7 Å². The second kappa shape index (κ2) is 9.15. The van der Waals surface area contributed by atoms with E-state index in [0.717, 1.165) is 28.0 Å². The summed E-state index contributed by atoms with van der Waals surface area (Å²) in [5, 5.41) is 12.9. The summed E-state index contributed by atoms with van der Waals surface area (Å²) in [5.41, 5.74) is 4.19. The lowest BCUT2D eigenvalue weighted by atomic mass is 10.1. The number of amides is 1. The molecule has 0 aliphatic heterocycles. The molecule has 34 heavy (non-hydrogen) atoms. The lowest BCUT2D eigenvalue weighted by Gasteiger charge is -2.14. The average Bonchev–Trinajstić information content (AvgIpc) is 3.26. The predicted octanol–water partition coefficient (Wildman–Crippen LogP) is 4.77. The van der Waals surface area contributed by atoms with Gasteiger partial charge in [-0.25, -0.2) is 4.57 Å². The average molecular weight is 470 g/mol. The van der Waals surface area contributed by atoms with Crippen LogP contribution in [0.2, 0.25) is 0 Å². The summed E-state index contributed by atoms with van der Waals surface area (Å²) in [6.45, 7) is 3.97. The van der Waals surface area contributed by atoms with Crippen molar-refractivity contribution in [3.8, 4) is 5.69 Å². The van der Waals surface area contributed by atoms with E-state index in [1.54, 1.807) is 4.57 Å². The van der Waals surface area contributed by atoms with Crippen molar-refractivity contribution < 1.29 is 4.79 Å². The molecule has 3 aromatic carbocycles. The van der Waals surface area contributed by atoms with Crippen molar-refractivity contribution >= 4 is 40.0 Å². The fourth-order valence-corrected chi connectivity index (χ4v) is 4.81. The molecule has 1 amide bonds. The summed E-state index contributed by atoms with van der Waals surface area (Å²) >= 11 is 1.44. The molecule has 5 rings (SSSR count). The number of fused-ring (bicyclic) bond motifs is 3. The second-order valence-electron chi connectivity index (χ2n) is 8.08. The third-order valence-corrected chi connectivity index (χ3v) is 6.55. The van der Waals surface area contributed by atoms with Crippen LogP contribution in [-0.2, 0) is 4.79 Å². The number of carbonyl (C=O) groups excluding carboxylic acids is 1. The van der Waals surface area contributed by atoms with Crippen LogP contribution in [0.1, 0.15) is 17.5 Å². The van der Waals surface area contributed by atoms with Crippen LogP contribution in [0.15, 0.2) is 82.7 Å². The number of benzene rings is 3. The van der Waals surface area contributed by atoms with Gasteiger partial charge in [-0.15, -0.1) is 10.2 Å². The van der Waals surface area contributed by atoms with Gasteiger partial charge < -0.3 is 5.32 Å². The maximum atomic E-state index is 13.5. The highest BCUT2D eigenvalue weighted by Gasteiger charge is 2.19. The van der Waals surface area contributed by atoms with E-state index in [9.17, 15) is 9.59 Å². The molecular weight excluding hydrogens is 446 g/mol. The van der Waals surface area contributed by atoms with Crippen LogP contribution in [0.3, 0.4) is 0 Å². The molecule has 0 bridgehead atoms. The van der Waals surface area contributed by atoms with Crippen molar-refractivity contribution in [1.29, 1.82) is 0 Å². The number of nitrogens with zero attached hydrogens (tertiary/aromatic N) is 4. The Morgan fingerprint density at radius 3 is 2.56 bits per heavy atom. The molecule has 7 nitrogen and oxygen atoms in total. The molecule has 0 aliphatic carbocycles. The molecule has 2 heterocycles. The number of anilines is 1. The molecule has 170 valence electrons. The Morgan fingerprint density at radius 2 is 1.74 bits per heavy atom. The lowest BCUT2D eigenvalue weighted by Crippen LogP contribution is -2.22. The molecular formula is C26H23N5O2S. The SMILES string of the molecule is Cc1ccc(C)c(-n2c(=O)c3ccccc3n3c(SCCC(=O)Nc4ccccc4)nnc23)c1. The first-order valence-electron chi connectivity index (χ1n) is 11.0. The van der Waals surface area contributed by atoms with Crippen molar-refractivity contribution in [3.63, 3.8) is 0 Å². The second-order valence-corrected chi connectivity index (χ2v) is 9.14. The predicted molar refractivity (Wildman–Crippen MR) is 136 cm³/mol. The molecule has 8 heteroatoms. The third-order valence-electron chi connectivity index (χ3n) is 5.62. The Hall–Kier alpha value is -3.91. The minimum Gasteiger partial charge on any atom is -0.326 e. The lowest BCUT2D eigenvalue weighted by molar-refractivity contribution is -0.115. The van der Waals surface area contributed by atoms with Gasteiger partial charge in [0, 0.05) is 17.9 Å². The first-order chi connectivity index (χ1) is 16.5. The first kappa shape index (κ1) is 21.9. The summed E-state index contributed by atoms with van der Waals surface area (Å²) in [7, 11) is 0. The molecule has 5 aromatic rings. The fraction of sp³-hybridized carbons (Fsp3) is 0.154. The Labute approximate surface area is 200 Å². The van der Waals surface area contributed by atoms with Crippen molar-refractivity contribution in [3.05, 3.63) is 94.3 Å². The summed E-state index contributed by atoms with van der Waals surface area (Å²) < 4.78 is 3.53. The summed E-state index contributed by atoms with van der Waals surface area (Å²) in [6.07, 6.45) is 0.322. The van der Waals surface area contributed by atoms with E-state index in [1.807, 2.05) is 91.0 Å². The normalized spacial score (nSPS) is 11.2. The number of nitrogens with one attached hydrogen (secondary N) is 1. The molecule has 0 saturated heterocycles. The fourth-order valence-electron chi connectivity index (χ4n) is 3.93. The summed E-state index contributed by atoms with van der Waals surface area (Å²) in [4.78, 5) is 25.9. The van der Waals surface area contributed by atoms with Gasteiger partial charge in [0.15, 0.2) is 5.16 Å². The van der Waals surface area contributed by atoms with E-state index in [1.165, 1.54) is 11.8 Å². The highest BCUT2D eigenvalue weighted by Crippen LogP contribution is 2.25. The summed E-state index contributed by atoms with van der Waals surface area (Å²) in [5.74, 6) is 0.912. The van der Waals surface area contributed by atoms with E-state index >= 15 is 0 Å². The highest BCUT2D eigenvalue weighted by molar-refractivity contribution is 7.99. The minimum absolute atomic E-state index is 0.0651. The van der Waals surface area contributed by atoms with E-state index in [2.05, 4.69) is 15.5 Å². The number of aromatic nitrogens is 4. The molecule has 1 N–H and O–H groups in total. The Morgan fingerprint density at radius 1 is 0.971 bits per heavy atom. The Bertz CT molecular complexity index is 1570. The van der Waals surface area contributed by atoms with Crippen molar-refractivity contribution in [1.82, 2.24) is 19.2 Å². The topological polar surface area (TPSA) is 81.3 Å². The molecule has 0 spiro atoms. The zero-order valence-electron chi connectivity index (χ0n) is 18.9. The van der Waals surface area contributed by atoms with Crippen LogP contribution in [0.25, 0.3) is 22.4 Å². The zero-order valence-corrected chi connectivity index (χ0v) is 19.7. The van der Waals surface area contributed by atoms with E-state index in [0.29, 0.717) is 28.5 Å². The number of hydrogen-bond acceptors (Lipinski definition) is 5. The Kier molecular flexibility index (Phi) is 5.90. The van der Waals surface area contributed by atoms with E-state index < -0.39 is 0 Å². The summed E-state index contributed by atoms with van der Waals surface area (Å²) in [6, 6.07) is 22.9. The molecule has 0 aliphatic rings. The molecule has 0 fully saturated rings. The van der Waals surface area contributed by atoms with Gasteiger partial charge in [0.25, 0.3) is 5.56 Å². The number of rotatable bonds is 6. The molecule has 0 radical (unpaired) electrons. The minimum atomic E-state index is -0.136. The number of aryl methyl sites for hydroxylation is 2. The van der Waals surface area contributed by atoms with Gasteiger partial charge in [-0.1, -0.05) is 54.2 Å². The largest absolute Gasteiger partial charge is 0.326 e. The number of thioether (sulfide) groups is 1. The smallest absolute Gasteiger partial charge is 0.267 e. The number of para-hydroxylation sites is 2. The van der Waals surface area contributed by atoms with Crippen molar-refractivity contribution in [2.45, 2.75) is 25.4 Å². The third kappa shape index (κ3) is 4.08. The van der Waals surface area contributed by atoms with Crippen LogP contribution >= 0.6 is 11.8 Å². The maximum absolute atomic E-state index is 13.5.